The normalized spacial score (nSPS) is 17.2. The van der Waals surface area contributed by atoms with Gasteiger partial charge in [-0.3, -0.25) is 0 Å². The SMILES string of the molecule is CCc1[nH]c2cc(F)ccc2c1CC1CCOCC1. The highest BCUT2D eigenvalue weighted by Crippen LogP contribution is 2.29. The van der Waals surface area contributed by atoms with E-state index in [2.05, 4.69) is 11.9 Å². The molecule has 0 saturated carbocycles. The molecule has 2 nitrogen and oxygen atoms in total. The van der Waals surface area contributed by atoms with Crippen LogP contribution in [0.2, 0.25) is 0 Å². The van der Waals surface area contributed by atoms with E-state index in [1.807, 2.05) is 6.07 Å². The fraction of sp³-hybridized carbons (Fsp3) is 0.500. The van der Waals surface area contributed by atoms with Crippen LogP contribution in [0.3, 0.4) is 0 Å². The molecule has 1 aromatic carbocycles. The Morgan fingerprint density at radius 1 is 1.32 bits per heavy atom. The molecule has 1 aliphatic heterocycles. The van der Waals surface area contributed by atoms with Crippen molar-refractivity contribution >= 4 is 10.9 Å². The second kappa shape index (κ2) is 5.33. The molecule has 0 spiro atoms. The lowest BCUT2D eigenvalue weighted by Gasteiger charge is -2.22. The molecule has 0 aliphatic carbocycles. The number of ether oxygens (including phenoxy) is 1. The van der Waals surface area contributed by atoms with Crippen LogP contribution >= 0.6 is 0 Å². The summed E-state index contributed by atoms with van der Waals surface area (Å²) < 4.78 is 18.7. The molecule has 2 aromatic rings. The van der Waals surface area contributed by atoms with Gasteiger partial charge in [0.05, 0.1) is 0 Å². The van der Waals surface area contributed by atoms with Gasteiger partial charge in [0.25, 0.3) is 0 Å². The van der Waals surface area contributed by atoms with Crippen molar-refractivity contribution in [3.05, 3.63) is 35.3 Å². The van der Waals surface area contributed by atoms with Gasteiger partial charge in [0.15, 0.2) is 0 Å². The molecule has 0 atom stereocenters. The summed E-state index contributed by atoms with van der Waals surface area (Å²) in [6.45, 7) is 3.90. The van der Waals surface area contributed by atoms with E-state index >= 15 is 0 Å². The standard InChI is InChI=1S/C16H20FNO/c1-2-15-14(9-11-5-7-19-8-6-11)13-4-3-12(17)10-16(13)18-15/h3-4,10-11,18H,2,5-9H2,1H3. The fourth-order valence-electron chi connectivity index (χ4n) is 3.06. The van der Waals surface area contributed by atoms with Crippen LogP contribution in [0.5, 0.6) is 0 Å². The van der Waals surface area contributed by atoms with Gasteiger partial charge in [-0.2, -0.15) is 0 Å². The Hall–Kier alpha value is -1.35. The van der Waals surface area contributed by atoms with Crippen LogP contribution in [-0.4, -0.2) is 18.2 Å². The molecule has 1 fully saturated rings. The van der Waals surface area contributed by atoms with E-state index < -0.39 is 0 Å². The second-order valence-corrected chi connectivity index (χ2v) is 5.39. The largest absolute Gasteiger partial charge is 0.381 e. The summed E-state index contributed by atoms with van der Waals surface area (Å²) in [7, 11) is 0. The third kappa shape index (κ3) is 2.52. The quantitative estimate of drug-likeness (QED) is 0.892. The molecule has 1 saturated heterocycles. The van der Waals surface area contributed by atoms with Crippen molar-refractivity contribution in [1.29, 1.82) is 0 Å². The highest BCUT2D eigenvalue weighted by molar-refractivity contribution is 5.84. The van der Waals surface area contributed by atoms with Crippen molar-refractivity contribution in [3.8, 4) is 0 Å². The van der Waals surface area contributed by atoms with Gasteiger partial charge in [0, 0.05) is 29.8 Å². The number of nitrogens with one attached hydrogen (secondary N) is 1. The van der Waals surface area contributed by atoms with E-state index in [0.29, 0.717) is 5.92 Å². The monoisotopic (exact) mass is 261 g/mol. The van der Waals surface area contributed by atoms with Crippen molar-refractivity contribution < 1.29 is 9.13 Å². The summed E-state index contributed by atoms with van der Waals surface area (Å²) >= 11 is 0. The van der Waals surface area contributed by atoms with Gasteiger partial charge >= 0.3 is 0 Å². The Balaban J connectivity index is 1.95. The lowest BCUT2D eigenvalue weighted by molar-refractivity contribution is 0.0666. The van der Waals surface area contributed by atoms with E-state index in [1.165, 1.54) is 16.6 Å². The highest BCUT2D eigenvalue weighted by Gasteiger charge is 2.18. The third-order valence-corrected chi connectivity index (χ3v) is 4.14. The van der Waals surface area contributed by atoms with E-state index in [1.54, 1.807) is 12.1 Å². The Bertz CT molecular complexity index is 569. The molecule has 3 heteroatoms. The third-order valence-electron chi connectivity index (χ3n) is 4.14. The van der Waals surface area contributed by atoms with Crippen LogP contribution < -0.4 is 0 Å². The van der Waals surface area contributed by atoms with Gasteiger partial charge < -0.3 is 9.72 Å². The number of fused-ring (bicyclic) bond motifs is 1. The maximum absolute atomic E-state index is 13.3. The Morgan fingerprint density at radius 2 is 2.11 bits per heavy atom. The maximum atomic E-state index is 13.3. The zero-order chi connectivity index (χ0) is 13.2. The number of hydrogen-bond donors (Lipinski definition) is 1. The smallest absolute Gasteiger partial charge is 0.125 e. The van der Waals surface area contributed by atoms with Crippen LogP contribution in [-0.2, 0) is 17.6 Å². The number of H-pyrrole nitrogens is 1. The Kier molecular flexibility index (Phi) is 3.56. The number of rotatable bonds is 3. The van der Waals surface area contributed by atoms with Crippen molar-refractivity contribution in [2.45, 2.75) is 32.6 Å². The molecule has 3 rings (SSSR count). The van der Waals surface area contributed by atoms with E-state index in [4.69, 9.17) is 4.74 Å². The molecule has 0 amide bonds. The summed E-state index contributed by atoms with van der Waals surface area (Å²) in [4.78, 5) is 3.37. The molecular weight excluding hydrogens is 241 g/mol. The van der Waals surface area contributed by atoms with Crippen molar-refractivity contribution in [3.63, 3.8) is 0 Å². The van der Waals surface area contributed by atoms with Crippen molar-refractivity contribution in [2.24, 2.45) is 5.92 Å². The number of benzene rings is 1. The minimum Gasteiger partial charge on any atom is -0.381 e. The molecule has 102 valence electrons. The van der Waals surface area contributed by atoms with E-state index in [-0.39, 0.29) is 5.82 Å². The van der Waals surface area contributed by atoms with Gasteiger partial charge in [-0.25, -0.2) is 4.39 Å². The molecule has 0 radical (unpaired) electrons. The van der Waals surface area contributed by atoms with Gasteiger partial charge in [0.1, 0.15) is 5.82 Å². The fourth-order valence-corrected chi connectivity index (χ4v) is 3.06. The summed E-state index contributed by atoms with van der Waals surface area (Å²) in [6.07, 6.45) is 4.32. The first-order valence-corrected chi connectivity index (χ1v) is 7.14. The summed E-state index contributed by atoms with van der Waals surface area (Å²) in [6, 6.07) is 5.07. The Morgan fingerprint density at radius 3 is 2.84 bits per heavy atom. The summed E-state index contributed by atoms with van der Waals surface area (Å²) in [5.41, 5.74) is 3.57. The summed E-state index contributed by atoms with van der Waals surface area (Å²) in [5, 5.41) is 1.18. The van der Waals surface area contributed by atoms with Gasteiger partial charge in [0.2, 0.25) is 0 Å². The van der Waals surface area contributed by atoms with Crippen LogP contribution in [0.25, 0.3) is 10.9 Å². The minimum atomic E-state index is -0.172. The topological polar surface area (TPSA) is 25.0 Å². The minimum absolute atomic E-state index is 0.172. The molecule has 1 aliphatic rings. The zero-order valence-electron chi connectivity index (χ0n) is 11.3. The van der Waals surface area contributed by atoms with Gasteiger partial charge in [-0.15, -0.1) is 0 Å². The van der Waals surface area contributed by atoms with E-state index in [9.17, 15) is 4.39 Å². The number of hydrogen-bond acceptors (Lipinski definition) is 1. The molecule has 2 heterocycles. The highest BCUT2D eigenvalue weighted by atomic mass is 19.1. The van der Waals surface area contributed by atoms with Crippen LogP contribution in [0.1, 0.15) is 31.0 Å². The summed E-state index contributed by atoms with van der Waals surface area (Å²) in [5.74, 6) is 0.525. The zero-order valence-corrected chi connectivity index (χ0v) is 11.3. The number of aromatic nitrogens is 1. The molecule has 1 N–H and O–H groups in total. The number of aryl methyl sites for hydroxylation is 1. The first-order chi connectivity index (χ1) is 9.28. The first kappa shape index (κ1) is 12.7. The average Bonchev–Trinajstić information content (AvgIpc) is 2.77. The number of halogens is 1. The van der Waals surface area contributed by atoms with Crippen LogP contribution in [0.4, 0.5) is 4.39 Å². The second-order valence-electron chi connectivity index (χ2n) is 5.39. The van der Waals surface area contributed by atoms with Gasteiger partial charge in [-0.05, 0) is 55.4 Å². The maximum Gasteiger partial charge on any atom is 0.125 e. The molecule has 19 heavy (non-hydrogen) atoms. The molecular formula is C16H20FNO. The van der Waals surface area contributed by atoms with Gasteiger partial charge in [-0.1, -0.05) is 6.92 Å². The lowest BCUT2D eigenvalue weighted by Crippen LogP contribution is -2.17. The molecule has 0 unspecified atom stereocenters. The molecule has 1 aromatic heterocycles. The Labute approximate surface area is 113 Å². The van der Waals surface area contributed by atoms with Crippen molar-refractivity contribution in [1.82, 2.24) is 4.98 Å². The predicted molar refractivity (Wildman–Crippen MR) is 74.9 cm³/mol. The van der Waals surface area contributed by atoms with Crippen molar-refractivity contribution in [2.75, 3.05) is 13.2 Å². The predicted octanol–water partition coefficient (Wildman–Crippen LogP) is 3.84. The number of aromatic amines is 1. The molecule has 0 bridgehead atoms. The van der Waals surface area contributed by atoms with Crippen LogP contribution in [0.15, 0.2) is 18.2 Å². The average molecular weight is 261 g/mol. The lowest BCUT2D eigenvalue weighted by atomic mass is 9.90. The first-order valence-electron chi connectivity index (χ1n) is 7.14. The van der Waals surface area contributed by atoms with Crippen LogP contribution in [0, 0.1) is 11.7 Å². The van der Waals surface area contributed by atoms with E-state index in [0.717, 1.165) is 44.4 Å².